The fourth-order valence-corrected chi connectivity index (χ4v) is 3.76. The molecule has 162 valence electrons. The van der Waals surface area contributed by atoms with Gasteiger partial charge in [-0.2, -0.15) is 0 Å². The predicted molar refractivity (Wildman–Crippen MR) is 111 cm³/mol. The Morgan fingerprint density at radius 3 is 2.45 bits per heavy atom. The van der Waals surface area contributed by atoms with Crippen LogP contribution in [0, 0.1) is 5.82 Å². The van der Waals surface area contributed by atoms with Gasteiger partial charge in [-0.15, -0.1) is 0 Å². The van der Waals surface area contributed by atoms with Crippen molar-refractivity contribution in [3.8, 4) is 11.5 Å². The van der Waals surface area contributed by atoms with E-state index >= 15 is 0 Å². The molecule has 0 aromatic heterocycles. The molecule has 2 aliphatic rings. The summed E-state index contributed by atoms with van der Waals surface area (Å²) >= 11 is 0. The van der Waals surface area contributed by atoms with Gasteiger partial charge in [0.25, 0.3) is 11.7 Å². The maximum atomic E-state index is 13.5. The standard InChI is InChI=1S/C23H23FN2O5/c1-25(2)9-10-26-20(14-3-6-16(24)7-4-14)19(22(28)23(26)29)21(27)15-5-8-17-18(13-15)31-12-11-30-17/h3-8,13,20,27H,9-12H2,1-2H3. The fraction of sp³-hybridized carbons (Fsp3) is 0.304. The van der Waals surface area contributed by atoms with Gasteiger partial charge in [-0.05, 0) is 50.0 Å². The number of likely N-dealkylation sites (N-methyl/N-ethyl adjacent to an activating group) is 1. The van der Waals surface area contributed by atoms with Gasteiger partial charge in [-0.3, -0.25) is 9.59 Å². The van der Waals surface area contributed by atoms with Gasteiger partial charge in [-0.1, -0.05) is 12.1 Å². The summed E-state index contributed by atoms with van der Waals surface area (Å²) in [7, 11) is 3.72. The Bertz CT molecular complexity index is 1050. The molecule has 4 rings (SSSR count). The molecule has 0 spiro atoms. The molecule has 1 saturated heterocycles. The van der Waals surface area contributed by atoms with Crippen LogP contribution in [0.25, 0.3) is 5.76 Å². The number of fused-ring (bicyclic) bond motifs is 1. The Balaban J connectivity index is 1.81. The van der Waals surface area contributed by atoms with Crippen molar-refractivity contribution < 1.29 is 28.6 Å². The molecule has 8 heteroatoms. The van der Waals surface area contributed by atoms with Crippen LogP contribution >= 0.6 is 0 Å². The van der Waals surface area contributed by atoms with Gasteiger partial charge >= 0.3 is 0 Å². The summed E-state index contributed by atoms with van der Waals surface area (Å²) in [4.78, 5) is 29.1. The van der Waals surface area contributed by atoms with Crippen molar-refractivity contribution in [3.05, 3.63) is 65.0 Å². The molecule has 1 N–H and O–H groups in total. The monoisotopic (exact) mass is 426 g/mol. The lowest BCUT2D eigenvalue weighted by Crippen LogP contribution is -2.35. The lowest BCUT2D eigenvalue weighted by atomic mass is 9.95. The molecule has 1 atom stereocenters. The highest BCUT2D eigenvalue weighted by atomic mass is 19.1. The van der Waals surface area contributed by atoms with E-state index in [9.17, 15) is 19.1 Å². The normalized spacial score (nSPS) is 19.9. The largest absolute Gasteiger partial charge is 0.507 e. The number of carbonyl (C=O) groups excluding carboxylic acids is 2. The number of hydrogen-bond acceptors (Lipinski definition) is 6. The summed E-state index contributed by atoms with van der Waals surface area (Å²) in [5.74, 6) is -1.21. The summed E-state index contributed by atoms with van der Waals surface area (Å²) in [6.07, 6.45) is 0. The molecule has 0 radical (unpaired) electrons. The van der Waals surface area contributed by atoms with Gasteiger partial charge in [-0.25, -0.2) is 4.39 Å². The van der Waals surface area contributed by atoms with E-state index in [0.717, 1.165) is 0 Å². The quantitative estimate of drug-likeness (QED) is 0.450. The van der Waals surface area contributed by atoms with E-state index in [0.29, 0.717) is 42.4 Å². The lowest BCUT2D eigenvalue weighted by molar-refractivity contribution is -0.140. The van der Waals surface area contributed by atoms with Gasteiger partial charge in [0, 0.05) is 18.7 Å². The van der Waals surface area contributed by atoms with E-state index in [-0.39, 0.29) is 17.9 Å². The first-order valence-corrected chi connectivity index (χ1v) is 9.95. The Morgan fingerprint density at radius 2 is 1.77 bits per heavy atom. The van der Waals surface area contributed by atoms with Crippen molar-refractivity contribution in [2.24, 2.45) is 0 Å². The summed E-state index contributed by atoms with van der Waals surface area (Å²) in [5, 5.41) is 11.1. The van der Waals surface area contributed by atoms with E-state index in [2.05, 4.69) is 0 Å². The molecule has 1 unspecified atom stereocenters. The molecule has 1 amide bonds. The number of hydrogen-bond donors (Lipinski definition) is 1. The van der Waals surface area contributed by atoms with Crippen LogP contribution in [0.1, 0.15) is 17.2 Å². The Morgan fingerprint density at radius 1 is 1.10 bits per heavy atom. The number of amides is 1. The van der Waals surface area contributed by atoms with Gasteiger partial charge in [0.2, 0.25) is 0 Å². The number of ketones is 1. The highest BCUT2D eigenvalue weighted by Crippen LogP contribution is 2.41. The SMILES string of the molecule is CN(C)CCN1C(=O)C(=O)C(=C(O)c2ccc3c(c2)OCCO3)C1c1ccc(F)cc1. The van der Waals surface area contributed by atoms with Gasteiger partial charge in [0.1, 0.15) is 24.8 Å². The molecule has 0 saturated carbocycles. The van der Waals surface area contributed by atoms with Crippen molar-refractivity contribution in [2.45, 2.75) is 6.04 Å². The van der Waals surface area contributed by atoms with Gasteiger partial charge in [0.15, 0.2) is 11.5 Å². The number of benzene rings is 2. The molecule has 2 aliphatic heterocycles. The first-order chi connectivity index (χ1) is 14.9. The van der Waals surface area contributed by atoms with Crippen LogP contribution in [0.2, 0.25) is 0 Å². The molecule has 2 heterocycles. The number of aliphatic hydroxyl groups excluding tert-OH is 1. The molecule has 0 bridgehead atoms. The van der Waals surface area contributed by atoms with Crippen LogP contribution in [0.4, 0.5) is 4.39 Å². The van der Waals surface area contributed by atoms with E-state index in [4.69, 9.17) is 9.47 Å². The van der Waals surface area contributed by atoms with Crippen molar-refractivity contribution in [2.75, 3.05) is 40.4 Å². The molecular weight excluding hydrogens is 403 g/mol. The van der Waals surface area contributed by atoms with E-state index in [1.807, 2.05) is 19.0 Å². The lowest BCUT2D eigenvalue weighted by Gasteiger charge is -2.26. The minimum Gasteiger partial charge on any atom is -0.507 e. The zero-order valence-corrected chi connectivity index (χ0v) is 17.3. The van der Waals surface area contributed by atoms with Crippen molar-refractivity contribution in [1.82, 2.24) is 9.80 Å². The fourth-order valence-electron chi connectivity index (χ4n) is 3.76. The highest BCUT2D eigenvalue weighted by molar-refractivity contribution is 6.46. The maximum absolute atomic E-state index is 13.5. The Labute approximate surface area is 179 Å². The zero-order chi connectivity index (χ0) is 22.1. The van der Waals surface area contributed by atoms with Crippen LogP contribution < -0.4 is 9.47 Å². The Kier molecular flexibility index (Phi) is 5.65. The zero-order valence-electron chi connectivity index (χ0n) is 17.3. The van der Waals surface area contributed by atoms with Crippen molar-refractivity contribution in [3.63, 3.8) is 0 Å². The molecular formula is C23H23FN2O5. The number of Topliss-reactive ketones (excluding diaryl/α,β-unsaturated/α-hetero) is 1. The molecule has 2 aromatic rings. The van der Waals surface area contributed by atoms with Gasteiger partial charge < -0.3 is 24.4 Å². The first kappa shape index (κ1) is 20.9. The van der Waals surface area contributed by atoms with Crippen LogP contribution in [-0.2, 0) is 9.59 Å². The molecule has 1 fully saturated rings. The van der Waals surface area contributed by atoms with Crippen LogP contribution in [0.3, 0.4) is 0 Å². The summed E-state index contributed by atoms with van der Waals surface area (Å²) in [5.41, 5.74) is 0.840. The van der Waals surface area contributed by atoms with Crippen LogP contribution in [0.15, 0.2) is 48.0 Å². The van der Waals surface area contributed by atoms with Crippen molar-refractivity contribution in [1.29, 1.82) is 0 Å². The molecule has 0 aliphatic carbocycles. The average Bonchev–Trinajstić information content (AvgIpc) is 3.02. The second kappa shape index (κ2) is 8.39. The van der Waals surface area contributed by atoms with E-state index in [1.165, 1.54) is 29.2 Å². The Hall–Kier alpha value is -3.39. The number of likely N-dealkylation sites (tertiary alicyclic amines) is 1. The minimum atomic E-state index is -0.825. The third-order valence-corrected chi connectivity index (χ3v) is 5.33. The summed E-state index contributed by atoms with van der Waals surface area (Å²) < 4.78 is 24.6. The second-order valence-electron chi connectivity index (χ2n) is 7.71. The number of aliphatic hydroxyl groups is 1. The predicted octanol–water partition coefficient (Wildman–Crippen LogP) is 2.58. The number of halogens is 1. The van der Waals surface area contributed by atoms with Crippen molar-refractivity contribution >= 4 is 17.4 Å². The topological polar surface area (TPSA) is 79.3 Å². The van der Waals surface area contributed by atoms with Gasteiger partial charge in [0.05, 0.1) is 11.6 Å². The summed E-state index contributed by atoms with van der Waals surface area (Å²) in [6.45, 7) is 1.61. The number of nitrogens with zero attached hydrogens (tertiary/aromatic N) is 2. The maximum Gasteiger partial charge on any atom is 0.295 e. The third-order valence-electron chi connectivity index (χ3n) is 5.33. The second-order valence-corrected chi connectivity index (χ2v) is 7.71. The first-order valence-electron chi connectivity index (χ1n) is 9.95. The number of ether oxygens (including phenoxy) is 2. The minimum absolute atomic E-state index is 0.0351. The van der Waals surface area contributed by atoms with E-state index in [1.54, 1.807) is 18.2 Å². The van der Waals surface area contributed by atoms with Crippen LogP contribution in [-0.4, -0.2) is 67.0 Å². The number of carbonyl (C=O) groups is 2. The third kappa shape index (κ3) is 3.98. The highest BCUT2D eigenvalue weighted by Gasteiger charge is 2.46. The summed E-state index contributed by atoms with van der Waals surface area (Å²) in [6, 6.07) is 9.59. The number of rotatable bonds is 5. The average molecular weight is 426 g/mol. The molecule has 31 heavy (non-hydrogen) atoms. The smallest absolute Gasteiger partial charge is 0.295 e. The molecule has 2 aromatic carbocycles. The van der Waals surface area contributed by atoms with Crippen LogP contribution in [0.5, 0.6) is 11.5 Å². The molecule has 7 nitrogen and oxygen atoms in total. The van der Waals surface area contributed by atoms with E-state index < -0.39 is 23.5 Å².